The van der Waals surface area contributed by atoms with Crippen molar-refractivity contribution in [3.05, 3.63) is 62.3 Å². The van der Waals surface area contributed by atoms with Gasteiger partial charge in [0.05, 0.1) is 11.2 Å². The molecule has 0 spiro atoms. The molecule has 1 aliphatic carbocycles. The average Bonchev–Trinajstić information content (AvgIpc) is 3.90. The van der Waals surface area contributed by atoms with E-state index in [1.165, 1.54) is 41.4 Å². The van der Waals surface area contributed by atoms with Gasteiger partial charge in [-0.2, -0.15) is 0 Å². The molecule has 0 unspecified atom stereocenters. The highest BCUT2D eigenvalue weighted by atomic mass is 32.2. The summed E-state index contributed by atoms with van der Waals surface area (Å²) < 4.78 is 22.6. The van der Waals surface area contributed by atoms with Crippen LogP contribution in [0.3, 0.4) is 0 Å². The van der Waals surface area contributed by atoms with Gasteiger partial charge in [0.1, 0.15) is 47.9 Å². The number of oxime groups is 1. The number of nitrogens with one attached hydrogen (secondary N) is 1. The lowest BCUT2D eigenvalue weighted by atomic mass is 10.0. The van der Waals surface area contributed by atoms with Crippen molar-refractivity contribution in [2.45, 2.75) is 30.3 Å². The molecule has 2 atom stereocenters. The summed E-state index contributed by atoms with van der Waals surface area (Å²) in [5, 5.41) is 26.7. The Morgan fingerprint density at radius 2 is 1.85 bits per heavy atom. The summed E-state index contributed by atoms with van der Waals surface area (Å²) in [7, 11) is 1.23. The van der Waals surface area contributed by atoms with Crippen LogP contribution in [0.25, 0.3) is 10.9 Å². The van der Waals surface area contributed by atoms with Gasteiger partial charge >= 0.3 is 18.0 Å². The number of nitrogen functional groups attached to an aromatic ring is 1. The van der Waals surface area contributed by atoms with Gasteiger partial charge < -0.3 is 45.2 Å². The van der Waals surface area contributed by atoms with Gasteiger partial charge in [-0.25, -0.2) is 23.8 Å². The zero-order valence-corrected chi connectivity index (χ0v) is 29.4. The van der Waals surface area contributed by atoms with Gasteiger partial charge in [-0.15, -0.1) is 23.1 Å². The van der Waals surface area contributed by atoms with Crippen LogP contribution in [-0.2, 0) is 24.0 Å². The molecule has 7 rings (SSSR count). The molecule has 0 radical (unpaired) electrons. The zero-order chi connectivity index (χ0) is 37.7. The van der Waals surface area contributed by atoms with E-state index in [1.807, 2.05) is 0 Å². The first-order chi connectivity index (χ1) is 25.4. The Bertz CT molecular complexity index is 2190. The van der Waals surface area contributed by atoms with Gasteiger partial charge in [0.25, 0.3) is 11.8 Å². The molecular formula is C32H31FN8O10S2. The maximum Gasteiger partial charge on any atom is 0.410 e. The van der Waals surface area contributed by atoms with Gasteiger partial charge in [0.15, 0.2) is 10.8 Å². The van der Waals surface area contributed by atoms with Gasteiger partial charge in [0.2, 0.25) is 5.43 Å². The second kappa shape index (κ2) is 14.0. The molecule has 21 heteroatoms. The van der Waals surface area contributed by atoms with E-state index in [4.69, 9.17) is 15.3 Å². The molecule has 1 saturated carbocycles. The summed E-state index contributed by atoms with van der Waals surface area (Å²) in [6.07, 6.45) is 2.18. The number of thiazole rings is 1. The Labute approximate surface area is 306 Å². The molecule has 4 aliphatic rings. The number of carboxylic acids is 2. The van der Waals surface area contributed by atoms with E-state index in [1.54, 1.807) is 9.47 Å². The minimum atomic E-state index is -1.41. The van der Waals surface area contributed by atoms with E-state index in [0.29, 0.717) is 5.52 Å². The van der Waals surface area contributed by atoms with E-state index in [0.717, 1.165) is 35.1 Å². The number of piperazine rings is 1. The summed E-state index contributed by atoms with van der Waals surface area (Å²) in [5.41, 5.74) is 4.88. The third-order valence-corrected chi connectivity index (χ3v) is 11.2. The van der Waals surface area contributed by atoms with Gasteiger partial charge in [-0.05, 0) is 25.0 Å². The third kappa shape index (κ3) is 6.60. The molecule has 2 aromatic heterocycles. The average molecular weight is 771 g/mol. The van der Waals surface area contributed by atoms with Crippen molar-refractivity contribution < 1.29 is 48.2 Å². The van der Waals surface area contributed by atoms with Crippen molar-refractivity contribution in [1.82, 2.24) is 24.7 Å². The maximum absolute atomic E-state index is 15.4. The molecule has 3 aliphatic heterocycles. The molecule has 2 saturated heterocycles. The minimum absolute atomic E-state index is 0.0112. The number of carboxylic acid groups (broad SMARTS) is 2. The predicted molar refractivity (Wildman–Crippen MR) is 188 cm³/mol. The molecule has 0 bridgehead atoms. The number of anilines is 2. The number of benzene rings is 1. The number of aromatic carboxylic acids is 1. The highest BCUT2D eigenvalue weighted by Gasteiger charge is 2.54. The Balaban J connectivity index is 0.986. The van der Waals surface area contributed by atoms with E-state index in [-0.39, 0.29) is 76.9 Å². The number of halogens is 1. The smallest absolute Gasteiger partial charge is 0.410 e. The van der Waals surface area contributed by atoms with Gasteiger partial charge in [0, 0.05) is 60.5 Å². The number of fused-ring (bicyclic) bond motifs is 2. The third-order valence-electron chi connectivity index (χ3n) is 9.22. The first-order valence-corrected chi connectivity index (χ1v) is 18.1. The number of thioether (sulfide) groups is 1. The van der Waals surface area contributed by atoms with E-state index in [2.05, 4.69) is 15.5 Å². The number of hydrogen-bond acceptors (Lipinski definition) is 14. The molecule has 278 valence electrons. The summed E-state index contributed by atoms with van der Waals surface area (Å²) in [5.74, 6) is -4.85. The molecule has 5 N–H and O–H groups in total. The number of rotatable bonds is 10. The standard InChI is InChI=1S/C32H31FN8O10S2/c1-50-37-22(19-13-53-31(34)35-19)26(43)36-23-27(44)41-24(30(47)48)14(12-52-28(23)41)11-51-32(49)39-6-4-38(5-7-39)21-9-20-16(8-18(21)33)25(42)17(29(45)46)10-40(20)15-2-3-15/h8-10,13,15,23,28H,2-7,11-12H2,1H3,(H2,34,35)(H,36,43)(H,45,46)(H,47,48)/t23-,28-/m1/s1. The van der Waals surface area contributed by atoms with Crippen LogP contribution in [0.1, 0.15) is 34.9 Å². The number of aromatic nitrogens is 2. The van der Waals surface area contributed by atoms with Crippen LogP contribution >= 0.6 is 23.1 Å². The van der Waals surface area contributed by atoms with Crippen molar-refractivity contribution in [3.8, 4) is 0 Å². The fourth-order valence-electron chi connectivity index (χ4n) is 6.47. The van der Waals surface area contributed by atoms with E-state index in [9.17, 15) is 39.0 Å². The van der Waals surface area contributed by atoms with Crippen LogP contribution in [0.2, 0.25) is 0 Å². The van der Waals surface area contributed by atoms with Crippen LogP contribution in [0.15, 0.2) is 44.9 Å². The minimum Gasteiger partial charge on any atom is -0.477 e. The maximum atomic E-state index is 15.4. The Kier molecular flexibility index (Phi) is 9.45. The molecule has 1 aromatic carbocycles. The second-order valence-corrected chi connectivity index (χ2v) is 14.5. The molecule has 3 fully saturated rings. The lowest BCUT2D eigenvalue weighted by molar-refractivity contribution is -0.150. The van der Waals surface area contributed by atoms with Crippen molar-refractivity contribution in [1.29, 1.82) is 0 Å². The fourth-order valence-corrected chi connectivity index (χ4v) is 8.35. The topological polar surface area (TPSA) is 239 Å². The van der Waals surface area contributed by atoms with E-state index < -0.39 is 64.7 Å². The Morgan fingerprint density at radius 1 is 1.11 bits per heavy atom. The number of carbonyl (C=O) groups excluding carboxylic acids is 3. The van der Waals surface area contributed by atoms with E-state index >= 15 is 4.39 Å². The summed E-state index contributed by atoms with van der Waals surface area (Å²) in [6.45, 7) is 0.286. The molecule has 3 amide bonds. The first kappa shape index (κ1) is 35.7. The number of pyridine rings is 1. The lowest BCUT2D eigenvalue weighted by Gasteiger charge is -2.49. The number of amides is 3. The van der Waals surface area contributed by atoms with Crippen LogP contribution in [0.4, 0.5) is 20.0 Å². The number of β-lactam (4-membered cyclic amide) rings is 1. The zero-order valence-electron chi connectivity index (χ0n) is 27.8. The van der Waals surface area contributed by atoms with Crippen molar-refractivity contribution >= 4 is 80.4 Å². The predicted octanol–water partition coefficient (Wildman–Crippen LogP) is 1.26. The molecule has 18 nitrogen and oxygen atoms in total. The van der Waals surface area contributed by atoms with Crippen LogP contribution in [-0.4, -0.2) is 122 Å². The van der Waals surface area contributed by atoms with Crippen LogP contribution in [0, 0.1) is 5.82 Å². The van der Waals surface area contributed by atoms with Gasteiger partial charge in [-0.1, -0.05) is 5.16 Å². The lowest BCUT2D eigenvalue weighted by Crippen LogP contribution is -2.71. The van der Waals surface area contributed by atoms with Crippen molar-refractivity contribution in [2.75, 3.05) is 56.3 Å². The van der Waals surface area contributed by atoms with Gasteiger partial charge in [-0.3, -0.25) is 19.3 Å². The normalized spacial score (nSPS) is 20.2. The highest BCUT2D eigenvalue weighted by Crippen LogP contribution is 2.41. The first-order valence-electron chi connectivity index (χ1n) is 16.2. The SMILES string of the molecule is CON=C(C(=O)N[C@@H]1C(=O)N2C(C(=O)O)=C(COC(=O)N3CCN(c4cc5c(cc4F)c(=O)c(C(=O)O)cn5C4CC4)CC3)CS[C@H]12)c1csc(N)n1. The molecule has 3 aromatic rings. The Morgan fingerprint density at radius 3 is 2.47 bits per heavy atom. The Hall–Kier alpha value is -5.70. The van der Waals surface area contributed by atoms with Crippen LogP contribution < -0.4 is 21.4 Å². The van der Waals surface area contributed by atoms with Crippen molar-refractivity contribution in [3.63, 3.8) is 0 Å². The number of hydrogen-bond donors (Lipinski definition) is 4. The molecular weight excluding hydrogens is 740 g/mol. The molecule has 5 heterocycles. The molecule has 53 heavy (non-hydrogen) atoms. The number of carbonyl (C=O) groups is 5. The second-order valence-electron chi connectivity index (χ2n) is 12.5. The summed E-state index contributed by atoms with van der Waals surface area (Å²) in [6, 6.07) is 1.53. The number of aliphatic carboxylic acids is 1. The summed E-state index contributed by atoms with van der Waals surface area (Å²) in [4.78, 5) is 89.0. The number of nitrogens with two attached hydrogens (primary N) is 1. The van der Waals surface area contributed by atoms with Crippen molar-refractivity contribution in [2.24, 2.45) is 5.16 Å². The fraction of sp³-hybridized carbons (Fsp3) is 0.375. The van der Waals surface area contributed by atoms with Crippen LogP contribution in [0.5, 0.6) is 0 Å². The summed E-state index contributed by atoms with van der Waals surface area (Å²) >= 11 is 2.26. The largest absolute Gasteiger partial charge is 0.477 e. The monoisotopic (exact) mass is 770 g/mol. The highest BCUT2D eigenvalue weighted by molar-refractivity contribution is 8.00. The number of ether oxygens (including phenoxy) is 1. The quantitative estimate of drug-likeness (QED) is 0.129. The number of nitrogens with zero attached hydrogens (tertiary/aromatic N) is 6.